The molecule has 1 atom stereocenters. The first kappa shape index (κ1) is 23.2. The molecule has 31 heavy (non-hydrogen) atoms. The number of nitrogens with zero attached hydrogens (tertiary/aromatic N) is 1. The van der Waals surface area contributed by atoms with E-state index in [-0.39, 0.29) is 11.8 Å². The molecule has 166 valence electrons. The van der Waals surface area contributed by atoms with E-state index in [1.165, 1.54) is 19.3 Å². The molecule has 1 saturated heterocycles. The summed E-state index contributed by atoms with van der Waals surface area (Å²) in [6, 6.07) is 12.8. The highest BCUT2D eigenvalue weighted by atomic mass is 35.5. The third-order valence-electron chi connectivity index (χ3n) is 5.54. The number of carbonyl (C=O) groups excluding carboxylic acids is 1. The first-order valence-corrected chi connectivity index (χ1v) is 11.2. The number of amides is 1. The Bertz CT molecular complexity index is 864. The van der Waals surface area contributed by atoms with E-state index in [4.69, 9.17) is 21.1 Å². The summed E-state index contributed by atoms with van der Waals surface area (Å²) in [5.74, 6) is 0.827. The van der Waals surface area contributed by atoms with Crippen molar-refractivity contribution in [2.24, 2.45) is 0 Å². The van der Waals surface area contributed by atoms with Crippen LogP contribution < -0.4 is 14.8 Å². The molecule has 1 fully saturated rings. The maximum atomic E-state index is 13.0. The average Bonchev–Trinajstić information content (AvgIpc) is 2.79. The zero-order chi connectivity index (χ0) is 22.1. The summed E-state index contributed by atoms with van der Waals surface area (Å²) in [5, 5.41) is 3.65. The summed E-state index contributed by atoms with van der Waals surface area (Å²) < 4.78 is 11.4. The SMILES string of the molecule is C=CCC(C(=O)Nc1ccc(OC)c(OCCN2CCCCC2)c1)c1ccc(Cl)cc1. The summed E-state index contributed by atoms with van der Waals surface area (Å²) >= 11 is 5.99. The van der Waals surface area contributed by atoms with Gasteiger partial charge in [-0.1, -0.05) is 36.2 Å². The van der Waals surface area contributed by atoms with Crippen LogP contribution in [0.5, 0.6) is 11.5 Å². The maximum absolute atomic E-state index is 13.0. The largest absolute Gasteiger partial charge is 0.493 e. The smallest absolute Gasteiger partial charge is 0.232 e. The number of methoxy groups -OCH3 is 1. The van der Waals surface area contributed by atoms with Gasteiger partial charge in [-0.25, -0.2) is 0 Å². The van der Waals surface area contributed by atoms with Crippen LogP contribution in [-0.2, 0) is 4.79 Å². The fraction of sp³-hybridized carbons (Fsp3) is 0.400. The molecular weight excluding hydrogens is 412 g/mol. The Balaban J connectivity index is 1.66. The number of hydrogen-bond acceptors (Lipinski definition) is 4. The highest BCUT2D eigenvalue weighted by Gasteiger charge is 2.20. The number of halogens is 1. The quantitative estimate of drug-likeness (QED) is 0.493. The number of piperidine rings is 1. The molecule has 1 N–H and O–H groups in total. The normalized spacial score (nSPS) is 15.2. The Labute approximate surface area is 190 Å². The highest BCUT2D eigenvalue weighted by Crippen LogP contribution is 2.31. The van der Waals surface area contributed by atoms with E-state index in [1.54, 1.807) is 25.3 Å². The van der Waals surface area contributed by atoms with Crippen LogP contribution in [0.3, 0.4) is 0 Å². The fourth-order valence-corrected chi connectivity index (χ4v) is 3.95. The summed E-state index contributed by atoms with van der Waals surface area (Å²) in [6.45, 7) is 7.52. The minimum atomic E-state index is -0.347. The zero-order valence-corrected chi connectivity index (χ0v) is 18.9. The Hall–Kier alpha value is -2.50. The van der Waals surface area contributed by atoms with Gasteiger partial charge in [0.15, 0.2) is 11.5 Å². The number of rotatable bonds is 10. The summed E-state index contributed by atoms with van der Waals surface area (Å²) in [6.07, 6.45) is 6.11. The standard InChI is InChI=1S/C25H31ClN2O3/c1-3-7-22(19-8-10-20(26)11-9-19)25(29)27-21-12-13-23(30-2)24(18-21)31-17-16-28-14-5-4-6-15-28/h3,8-13,18,22H,1,4-7,14-17H2,2H3,(H,27,29). The molecule has 0 aromatic heterocycles. The van der Waals surface area contributed by atoms with Crippen molar-refractivity contribution in [2.45, 2.75) is 31.6 Å². The van der Waals surface area contributed by atoms with E-state index in [0.29, 0.717) is 35.2 Å². The first-order chi connectivity index (χ1) is 15.1. The molecular formula is C25H31ClN2O3. The third-order valence-corrected chi connectivity index (χ3v) is 5.79. The van der Waals surface area contributed by atoms with Crippen LogP contribution in [0.4, 0.5) is 5.69 Å². The molecule has 2 aromatic carbocycles. The van der Waals surface area contributed by atoms with Crippen molar-refractivity contribution >= 4 is 23.2 Å². The molecule has 1 aliphatic rings. The third kappa shape index (κ3) is 6.74. The van der Waals surface area contributed by atoms with Crippen LogP contribution in [0.15, 0.2) is 55.1 Å². The van der Waals surface area contributed by atoms with E-state index < -0.39 is 0 Å². The van der Waals surface area contributed by atoms with Crippen molar-refractivity contribution in [1.29, 1.82) is 0 Å². The van der Waals surface area contributed by atoms with Gasteiger partial charge in [0.1, 0.15) is 6.61 Å². The number of carbonyl (C=O) groups is 1. The van der Waals surface area contributed by atoms with Gasteiger partial charge in [0, 0.05) is 23.3 Å². The van der Waals surface area contributed by atoms with Gasteiger partial charge in [0.05, 0.1) is 13.0 Å². The van der Waals surface area contributed by atoms with E-state index in [1.807, 2.05) is 30.3 Å². The van der Waals surface area contributed by atoms with Gasteiger partial charge in [-0.3, -0.25) is 9.69 Å². The second kappa shape index (κ2) is 11.8. The topological polar surface area (TPSA) is 50.8 Å². The van der Waals surface area contributed by atoms with Crippen molar-refractivity contribution in [1.82, 2.24) is 4.90 Å². The molecule has 1 aliphatic heterocycles. The van der Waals surface area contributed by atoms with Gasteiger partial charge < -0.3 is 14.8 Å². The van der Waals surface area contributed by atoms with Crippen LogP contribution in [0.1, 0.15) is 37.2 Å². The number of ether oxygens (including phenoxy) is 2. The Morgan fingerprint density at radius 2 is 1.90 bits per heavy atom. The molecule has 2 aromatic rings. The molecule has 1 heterocycles. The van der Waals surface area contributed by atoms with Crippen LogP contribution >= 0.6 is 11.6 Å². The first-order valence-electron chi connectivity index (χ1n) is 10.8. The molecule has 1 unspecified atom stereocenters. The monoisotopic (exact) mass is 442 g/mol. The van der Waals surface area contributed by atoms with Crippen LogP contribution in [0.25, 0.3) is 0 Å². The van der Waals surface area contributed by atoms with Gasteiger partial charge in [-0.2, -0.15) is 0 Å². The fourth-order valence-electron chi connectivity index (χ4n) is 3.82. The van der Waals surface area contributed by atoms with Gasteiger partial charge >= 0.3 is 0 Å². The summed E-state index contributed by atoms with van der Waals surface area (Å²) in [4.78, 5) is 15.4. The molecule has 0 aliphatic carbocycles. The zero-order valence-electron chi connectivity index (χ0n) is 18.1. The van der Waals surface area contributed by atoms with E-state index in [9.17, 15) is 4.79 Å². The summed E-state index contributed by atoms with van der Waals surface area (Å²) in [5.41, 5.74) is 1.56. The predicted molar refractivity (Wildman–Crippen MR) is 126 cm³/mol. The minimum Gasteiger partial charge on any atom is -0.493 e. The molecule has 3 rings (SSSR count). The van der Waals surface area contributed by atoms with E-state index in [0.717, 1.165) is 25.2 Å². The number of benzene rings is 2. The maximum Gasteiger partial charge on any atom is 0.232 e. The lowest BCUT2D eigenvalue weighted by molar-refractivity contribution is -0.117. The average molecular weight is 443 g/mol. The van der Waals surface area contributed by atoms with Crippen molar-refractivity contribution in [3.8, 4) is 11.5 Å². The number of hydrogen-bond donors (Lipinski definition) is 1. The van der Waals surface area contributed by atoms with E-state index in [2.05, 4.69) is 16.8 Å². The van der Waals surface area contributed by atoms with Gasteiger partial charge in [0.25, 0.3) is 0 Å². The Morgan fingerprint density at radius 3 is 2.58 bits per heavy atom. The number of allylic oxidation sites excluding steroid dienone is 1. The molecule has 0 spiro atoms. The van der Waals surface area contributed by atoms with Crippen LogP contribution in [0.2, 0.25) is 5.02 Å². The lowest BCUT2D eigenvalue weighted by Crippen LogP contribution is -2.33. The Kier molecular flexibility index (Phi) is 8.80. The molecule has 0 radical (unpaired) electrons. The second-order valence-corrected chi connectivity index (χ2v) is 8.17. The van der Waals surface area contributed by atoms with Gasteiger partial charge in [-0.15, -0.1) is 6.58 Å². The lowest BCUT2D eigenvalue weighted by Gasteiger charge is -2.26. The number of likely N-dealkylation sites (tertiary alicyclic amines) is 1. The molecule has 0 saturated carbocycles. The van der Waals surface area contributed by atoms with Gasteiger partial charge in [0.2, 0.25) is 5.91 Å². The molecule has 0 bridgehead atoms. The van der Waals surface area contributed by atoms with Gasteiger partial charge in [-0.05, 0) is 62.2 Å². The van der Waals surface area contributed by atoms with Crippen molar-refractivity contribution in [3.05, 3.63) is 65.7 Å². The molecule has 1 amide bonds. The Morgan fingerprint density at radius 1 is 1.16 bits per heavy atom. The van der Waals surface area contributed by atoms with Crippen LogP contribution in [0, 0.1) is 0 Å². The predicted octanol–water partition coefficient (Wildman–Crippen LogP) is 5.51. The van der Waals surface area contributed by atoms with Crippen molar-refractivity contribution in [2.75, 3.05) is 38.7 Å². The molecule has 6 heteroatoms. The van der Waals surface area contributed by atoms with Crippen molar-refractivity contribution in [3.63, 3.8) is 0 Å². The van der Waals surface area contributed by atoms with E-state index >= 15 is 0 Å². The second-order valence-electron chi connectivity index (χ2n) is 7.73. The molecule has 5 nitrogen and oxygen atoms in total. The number of nitrogens with one attached hydrogen (secondary N) is 1. The number of anilines is 1. The van der Waals surface area contributed by atoms with Crippen LogP contribution in [-0.4, -0.2) is 44.2 Å². The highest BCUT2D eigenvalue weighted by molar-refractivity contribution is 6.30. The minimum absolute atomic E-state index is 0.105. The van der Waals surface area contributed by atoms with Crippen molar-refractivity contribution < 1.29 is 14.3 Å². The lowest BCUT2D eigenvalue weighted by atomic mass is 9.94. The summed E-state index contributed by atoms with van der Waals surface area (Å²) in [7, 11) is 1.62.